The van der Waals surface area contributed by atoms with Gasteiger partial charge in [0.2, 0.25) is 0 Å². The second-order valence-electron chi connectivity index (χ2n) is 7.42. The molecule has 152 valence electrons. The third-order valence-corrected chi connectivity index (χ3v) is 6.08. The summed E-state index contributed by atoms with van der Waals surface area (Å²) in [5, 5.41) is 7.80. The normalized spacial score (nSPS) is 20.3. The number of nitrogens with one attached hydrogen (secondary N) is 1. The molecule has 1 aromatic heterocycles. The lowest BCUT2D eigenvalue weighted by Crippen LogP contribution is -2.47. The highest BCUT2D eigenvalue weighted by Crippen LogP contribution is 2.41. The van der Waals surface area contributed by atoms with Gasteiger partial charge in [-0.05, 0) is 25.1 Å². The van der Waals surface area contributed by atoms with E-state index in [1.165, 1.54) is 4.90 Å². The number of hydrogen-bond acceptors (Lipinski definition) is 4. The zero-order valence-corrected chi connectivity index (χ0v) is 17.0. The van der Waals surface area contributed by atoms with Crippen molar-refractivity contribution in [2.24, 2.45) is 0 Å². The molecule has 1 N–H and O–H groups in total. The van der Waals surface area contributed by atoms with Gasteiger partial charge >= 0.3 is 6.03 Å². The average Bonchev–Trinajstić information content (AvgIpc) is 3.17. The third-order valence-electron chi connectivity index (χ3n) is 5.70. The monoisotopic (exact) mass is 422 g/mol. The Bertz CT molecular complexity index is 1160. The number of ether oxygens (including phenoxy) is 1. The fraction of sp³-hybridized carbons (Fsp3) is 0.227. The summed E-state index contributed by atoms with van der Waals surface area (Å²) in [6.07, 6.45) is 0.376. The van der Waals surface area contributed by atoms with Crippen molar-refractivity contribution in [2.45, 2.75) is 25.4 Å². The van der Waals surface area contributed by atoms with E-state index in [1.807, 2.05) is 61.5 Å². The van der Waals surface area contributed by atoms with Gasteiger partial charge in [-0.15, -0.1) is 0 Å². The Kier molecular flexibility index (Phi) is 4.29. The summed E-state index contributed by atoms with van der Waals surface area (Å²) >= 11 is 6.61. The molecule has 2 aliphatic heterocycles. The van der Waals surface area contributed by atoms with Crippen LogP contribution in [0.4, 0.5) is 4.79 Å². The Morgan fingerprint density at radius 3 is 2.67 bits per heavy atom. The van der Waals surface area contributed by atoms with Gasteiger partial charge < -0.3 is 10.1 Å². The van der Waals surface area contributed by atoms with Crippen molar-refractivity contribution in [3.05, 3.63) is 76.6 Å². The third kappa shape index (κ3) is 2.69. The molecule has 0 unspecified atom stereocenters. The van der Waals surface area contributed by atoms with E-state index in [0.29, 0.717) is 40.8 Å². The van der Waals surface area contributed by atoms with Crippen molar-refractivity contribution >= 4 is 23.5 Å². The number of carbonyl (C=O) groups is 2. The summed E-state index contributed by atoms with van der Waals surface area (Å²) in [7, 11) is 0. The highest BCUT2D eigenvalue weighted by Gasteiger charge is 2.55. The second-order valence-corrected chi connectivity index (χ2v) is 7.78. The fourth-order valence-electron chi connectivity index (χ4n) is 4.12. The maximum atomic E-state index is 13.5. The van der Waals surface area contributed by atoms with E-state index in [2.05, 4.69) is 10.4 Å². The number of benzene rings is 2. The van der Waals surface area contributed by atoms with Gasteiger partial charge in [0.25, 0.3) is 5.91 Å². The summed E-state index contributed by atoms with van der Waals surface area (Å²) in [5.74, 6) is 0.316. The second kappa shape index (κ2) is 6.88. The zero-order chi connectivity index (χ0) is 20.9. The smallest absolute Gasteiger partial charge is 0.325 e. The Morgan fingerprint density at radius 2 is 1.87 bits per heavy atom. The van der Waals surface area contributed by atoms with Crippen LogP contribution in [0.1, 0.15) is 23.2 Å². The maximum absolute atomic E-state index is 13.5. The molecule has 3 aromatic rings. The summed E-state index contributed by atoms with van der Waals surface area (Å²) in [5.41, 5.74) is 1.69. The fourth-order valence-corrected chi connectivity index (χ4v) is 4.46. The van der Waals surface area contributed by atoms with Crippen molar-refractivity contribution < 1.29 is 14.3 Å². The van der Waals surface area contributed by atoms with Crippen molar-refractivity contribution in [3.63, 3.8) is 0 Å². The molecule has 1 spiro atoms. The minimum Gasteiger partial charge on any atom is -0.493 e. The average molecular weight is 423 g/mol. The van der Waals surface area contributed by atoms with E-state index in [0.717, 1.165) is 5.69 Å². The van der Waals surface area contributed by atoms with Gasteiger partial charge in [0, 0.05) is 17.5 Å². The van der Waals surface area contributed by atoms with Crippen LogP contribution in [-0.2, 0) is 16.9 Å². The van der Waals surface area contributed by atoms with Crippen LogP contribution in [0.5, 0.6) is 5.75 Å². The maximum Gasteiger partial charge on any atom is 0.325 e. The van der Waals surface area contributed by atoms with Crippen LogP contribution in [0.3, 0.4) is 0 Å². The number of aromatic nitrogens is 2. The van der Waals surface area contributed by atoms with E-state index in [9.17, 15) is 9.59 Å². The van der Waals surface area contributed by atoms with Crippen LogP contribution in [-0.4, -0.2) is 33.2 Å². The number of rotatable bonds is 3. The molecule has 5 rings (SSSR count). The van der Waals surface area contributed by atoms with Crippen molar-refractivity contribution in [1.82, 2.24) is 20.0 Å². The van der Waals surface area contributed by atoms with Crippen LogP contribution >= 0.6 is 11.6 Å². The molecule has 0 aliphatic carbocycles. The first kappa shape index (κ1) is 18.7. The number of aryl methyl sites for hydroxylation is 1. The number of imide groups is 1. The lowest BCUT2D eigenvalue weighted by atomic mass is 9.84. The van der Waals surface area contributed by atoms with Crippen LogP contribution in [0, 0.1) is 6.92 Å². The molecule has 1 atom stereocenters. The molecular weight excluding hydrogens is 404 g/mol. The zero-order valence-electron chi connectivity index (χ0n) is 16.3. The molecule has 30 heavy (non-hydrogen) atoms. The Labute approximate surface area is 178 Å². The summed E-state index contributed by atoms with van der Waals surface area (Å²) in [4.78, 5) is 27.5. The topological polar surface area (TPSA) is 76.5 Å². The van der Waals surface area contributed by atoms with E-state index in [1.54, 1.807) is 4.68 Å². The molecule has 1 saturated heterocycles. The van der Waals surface area contributed by atoms with E-state index >= 15 is 0 Å². The van der Waals surface area contributed by atoms with E-state index in [4.69, 9.17) is 16.3 Å². The lowest BCUT2D eigenvalue weighted by Gasteiger charge is -2.33. The predicted octanol–water partition coefficient (Wildman–Crippen LogP) is 3.56. The number of halogens is 1. The molecule has 3 amide bonds. The summed E-state index contributed by atoms with van der Waals surface area (Å²) in [6.45, 7) is 2.22. The van der Waals surface area contributed by atoms with Gasteiger partial charge in [0.05, 0.1) is 24.5 Å². The van der Waals surface area contributed by atoms with Crippen LogP contribution in [0.15, 0.2) is 54.6 Å². The molecule has 8 heteroatoms. The Balaban J connectivity index is 1.50. The first-order chi connectivity index (χ1) is 14.5. The number of carbonyl (C=O) groups excluding carboxylic acids is 2. The van der Waals surface area contributed by atoms with Gasteiger partial charge in [0.1, 0.15) is 10.9 Å². The number of para-hydroxylation sites is 2. The number of amides is 3. The molecule has 1 fully saturated rings. The molecular formula is C22H19ClN4O3. The Hall–Kier alpha value is -3.32. The largest absolute Gasteiger partial charge is 0.493 e. The van der Waals surface area contributed by atoms with Crippen molar-refractivity contribution in [2.75, 3.05) is 6.61 Å². The predicted molar refractivity (Wildman–Crippen MR) is 111 cm³/mol. The first-order valence-electron chi connectivity index (χ1n) is 9.67. The first-order valence-corrected chi connectivity index (χ1v) is 10.0. The highest BCUT2D eigenvalue weighted by atomic mass is 35.5. The number of fused-ring (bicyclic) bond motifs is 2. The summed E-state index contributed by atoms with van der Waals surface area (Å²) in [6, 6.07) is 16.4. The van der Waals surface area contributed by atoms with Gasteiger partial charge in [0.15, 0.2) is 5.54 Å². The molecule has 2 aromatic carbocycles. The minimum absolute atomic E-state index is 0.0486. The van der Waals surface area contributed by atoms with E-state index in [-0.39, 0.29) is 12.5 Å². The Morgan fingerprint density at radius 1 is 1.13 bits per heavy atom. The molecule has 3 heterocycles. The molecule has 2 aliphatic rings. The van der Waals surface area contributed by atoms with Crippen LogP contribution in [0.2, 0.25) is 5.15 Å². The van der Waals surface area contributed by atoms with Gasteiger partial charge in [-0.2, -0.15) is 5.10 Å². The van der Waals surface area contributed by atoms with Gasteiger partial charge in [-0.1, -0.05) is 48.0 Å². The van der Waals surface area contributed by atoms with Crippen LogP contribution < -0.4 is 10.1 Å². The van der Waals surface area contributed by atoms with Crippen molar-refractivity contribution in [3.8, 4) is 11.4 Å². The van der Waals surface area contributed by atoms with E-state index < -0.39 is 11.6 Å². The summed E-state index contributed by atoms with van der Waals surface area (Å²) < 4.78 is 7.30. The number of nitrogens with zero attached hydrogens (tertiary/aromatic N) is 3. The molecule has 0 saturated carbocycles. The van der Waals surface area contributed by atoms with Gasteiger partial charge in [-0.3, -0.25) is 9.69 Å². The lowest BCUT2D eigenvalue weighted by molar-refractivity contribution is -0.133. The van der Waals surface area contributed by atoms with Crippen molar-refractivity contribution in [1.29, 1.82) is 0 Å². The molecule has 7 nitrogen and oxygen atoms in total. The van der Waals surface area contributed by atoms with Crippen LogP contribution in [0.25, 0.3) is 5.69 Å². The quantitative estimate of drug-likeness (QED) is 0.655. The number of urea groups is 1. The standard InChI is InChI=1S/C22H19ClN4O3/c1-14-16(19(23)27(25-14)15-7-3-2-4-8-15)13-26-20(28)22(24-21(26)29)11-12-30-18-10-6-5-9-17(18)22/h2-10H,11-13H2,1H3,(H,24,29)/t22-/m0/s1. The highest BCUT2D eigenvalue weighted by molar-refractivity contribution is 6.30. The molecule has 0 bridgehead atoms. The molecule has 0 radical (unpaired) electrons. The van der Waals surface area contributed by atoms with Gasteiger partial charge in [-0.25, -0.2) is 9.48 Å². The number of hydrogen-bond donors (Lipinski definition) is 1. The SMILES string of the molecule is Cc1nn(-c2ccccc2)c(Cl)c1CN1C(=O)N[C@]2(CCOc3ccccc32)C1=O. The minimum atomic E-state index is -1.11.